The first-order chi connectivity index (χ1) is 16.2. The Bertz CT molecular complexity index is 1270. The number of carbonyl (C=O) groups excluding carboxylic acids is 1. The van der Waals surface area contributed by atoms with Gasteiger partial charge in [0.1, 0.15) is 5.52 Å². The monoisotopic (exact) mass is 441 g/mol. The predicted molar refractivity (Wildman–Crippen MR) is 127 cm³/mol. The van der Waals surface area contributed by atoms with Crippen molar-refractivity contribution in [3.05, 3.63) is 66.0 Å². The number of nitrogens with zero attached hydrogens (tertiary/aromatic N) is 5. The molecule has 1 saturated carbocycles. The van der Waals surface area contributed by atoms with Crippen LogP contribution in [0.3, 0.4) is 0 Å². The van der Waals surface area contributed by atoms with Crippen molar-refractivity contribution in [2.45, 2.75) is 50.5 Å². The van der Waals surface area contributed by atoms with Crippen LogP contribution in [0.5, 0.6) is 0 Å². The van der Waals surface area contributed by atoms with Gasteiger partial charge in [0.25, 0.3) is 0 Å². The predicted octanol–water partition coefficient (Wildman–Crippen LogP) is 4.24. The molecule has 3 aromatic heterocycles. The fourth-order valence-corrected chi connectivity index (χ4v) is 4.68. The lowest BCUT2D eigenvalue weighted by Gasteiger charge is -2.24. The quantitative estimate of drug-likeness (QED) is 0.425. The Kier molecular flexibility index (Phi) is 5.05. The second-order valence-corrected chi connectivity index (χ2v) is 9.01. The first-order valence-corrected chi connectivity index (χ1v) is 11.8. The summed E-state index contributed by atoms with van der Waals surface area (Å²) < 4.78 is 1.82. The molecule has 2 N–H and O–H groups in total. The number of ketones is 1. The molecule has 2 fully saturated rings. The van der Waals surface area contributed by atoms with Crippen LogP contribution in [0, 0.1) is 0 Å². The first kappa shape index (κ1) is 20.0. The number of Topliss-reactive ketones (excluding diaryl/α,β-unsaturated/α-hetero) is 1. The van der Waals surface area contributed by atoms with Crippen LogP contribution in [0.15, 0.2) is 54.7 Å². The molecule has 0 bridgehead atoms. The van der Waals surface area contributed by atoms with Crippen LogP contribution in [0.2, 0.25) is 0 Å². The van der Waals surface area contributed by atoms with E-state index in [1.807, 2.05) is 41.0 Å². The van der Waals surface area contributed by atoms with Crippen LogP contribution < -0.4 is 10.2 Å². The molecule has 8 nitrogen and oxygen atoms in total. The molecule has 1 aliphatic heterocycles. The average molecular weight is 442 g/mol. The number of hydrogen-bond acceptors (Lipinski definition) is 6. The van der Waals surface area contributed by atoms with Crippen LogP contribution in [-0.4, -0.2) is 43.2 Å². The van der Waals surface area contributed by atoms with E-state index in [2.05, 4.69) is 38.6 Å². The Hall–Kier alpha value is -3.68. The number of benzene rings is 1. The molecule has 8 heteroatoms. The molecule has 4 heterocycles. The van der Waals surface area contributed by atoms with Crippen molar-refractivity contribution in [1.29, 1.82) is 0 Å². The van der Waals surface area contributed by atoms with Crippen molar-refractivity contribution in [3.8, 4) is 0 Å². The van der Waals surface area contributed by atoms with Gasteiger partial charge in [-0.3, -0.25) is 9.89 Å². The van der Waals surface area contributed by atoms with E-state index < -0.39 is 0 Å². The Balaban J connectivity index is 1.24. The SMILES string of the molecule is O=C(CCc1ccccc1)[C@H]1CCCN1c1nc(Nc2cc(C3CC3)[nH]n2)c2cccn2n1. The molecule has 168 valence electrons. The largest absolute Gasteiger partial charge is 0.329 e. The molecule has 1 saturated heterocycles. The van der Waals surface area contributed by atoms with Crippen molar-refractivity contribution >= 4 is 28.9 Å². The summed E-state index contributed by atoms with van der Waals surface area (Å²) >= 11 is 0. The summed E-state index contributed by atoms with van der Waals surface area (Å²) in [6.07, 6.45) is 7.44. The highest BCUT2D eigenvalue weighted by Gasteiger charge is 2.33. The number of hydrogen-bond donors (Lipinski definition) is 2. The molecule has 0 radical (unpaired) electrons. The summed E-state index contributed by atoms with van der Waals surface area (Å²) in [6, 6.07) is 16.0. The molecule has 0 spiro atoms. The van der Waals surface area contributed by atoms with E-state index in [1.54, 1.807) is 0 Å². The van der Waals surface area contributed by atoms with Crippen molar-refractivity contribution in [3.63, 3.8) is 0 Å². The van der Waals surface area contributed by atoms with E-state index in [9.17, 15) is 4.79 Å². The maximum atomic E-state index is 13.1. The summed E-state index contributed by atoms with van der Waals surface area (Å²) in [7, 11) is 0. The smallest absolute Gasteiger partial charge is 0.246 e. The number of rotatable bonds is 8. The lowest BCUT2D eigenvalue weighted by molar-refractivity contribution is -0.120. The van der Waals surface area contributed by atoms with Gasteiger partial charge in [0.15, 0.2) is 17.4 Å². The third-order valence-electron chi connectivity index (χ3n) is 6.63. The van der Waals surface area contributed by atoms with Gasteiger partial charge in [-0.15, -0.1) is 5.10 Å². The number of aryl methyl sites for hydroxylation is 1. The van der Waals surface area contributed by atoms with Crippen molar-refractivity contribution in [1.82, 2.24) is 24.8 Å². The number of nitrogens with one attached hydrogen (secondary N) is 2. The van der Waals surface area contributed by atoms with Gasteiger partial charge in [-0.25, -0.2) is 4.52 Å². The molecular formula is C25H27N7O. The van der Waals surface area contributed by atoms with Gasteiger partial charge >= 0.3 is 0 Å². The van der Waals surface area contributed by atoms with Crippen LogP contribution in [0.1, 0.15) is 49.3 Å². The molecule has 6 rings (SSSR count). The topological polar surface area (TPSA) is 91.2 Å². The number of carbonyl (C=O) groups is 1. The normalized spacial score (nSPS) is 18.2. The molecule has 2 aliphatic rings. The zero-order chi connectivity index (χ0) is 22.2. The van der Waals surface area contributed by atoms with Gasteiger partial charge in [-0.1, -0.05) is 30.3 Å². The zero-order valence-corrected chi connectivity index (χ0v) is 18.4. The fourth-order valence-electron chi connectivity index (χ4n) is 4.68. The van der Waals surface area contributed by atoms with Crippen molar-refractivity contribution in [2.75, 3.05) is 16.8 Å². The van der Waals surface area contributed by atoms with Gasteiger partial charge < -0.3 is 10.2 Å². The Morgan fingerprint density at radius 2 is 2.00 bits per heavy atom. The summed E-state index contributed by atoms with van der Waals surface area (Å²) in [5.41, 5.74) is 3.24. The van der Waals surface area contributed by atoms with Crippen LogP contribution in [-0.2, 0) is 11.2 Å². The number of aromatic amines is 1. The minimum atomic E-state index is -0.179. The molecule has 1 aliphatic carbocycles. The minimum Gasteiger partial charge on any atom is -0.329 e. The molecule has 0 unspecified atom stereocenters. The van der Waals surface area contributed by atoms with Gasteiger partial charge in [0.05, 0.1) is 6.04 Å². The summed E-state index contributed by atoms with van der Waals surface area (Å²) in [4.78, 5) is 20.0. The number of H-pyrrole nitrogens is 1. The maximum absolute atomic E-state index is 13.1. The standard InChI is InChI=1S/C25H27N7O/c33-22(13-10-17-6-2-1-3-7-17)20-8-4-14-31(20)25-27-24(21-9-5-15-32(21)30-25)26-23-16-19(28-29-23)18-11-12-18/h1-3,5-7,9,15-16,18,20H,4,8,10-14H2,(H2,26,27,28,29,30)/t20-/m1/s1. The van der Waals surface area contributed by atoms with Crippen molar-refractivity contribution < 1.29 is 4.79 Å². The average Bonchev–Trinajstić information content (AvgIpc) is 3.22. The minimum absolute atomic E-state index is 0.179. The molecule has 4 aromatic rings. The Labute approximate surface area is 192 Å². The summed E-state index contributed by atoms with van der Waals surface area (Å²) in [6.45, 7) is 0.780. The highest BCUT2D eigenvalue weighted by molar-refractivity contribution is 5.87. The van der Waals surface area contributed by atoms with E-state index in [0.717, 1.165) is 37.1 Å². The van der Waals surface area contributed by atoms with E-state index in [4.69, 9.17) is 10.1 Å². The van der Waals surface area contributed by atoms with Crippen LogP contribution >= 0.6 is 0 Å². The Morgan fingerprint density at radius 1 is 1.12 bits per heavy atom. The van der Waals surface area contributed by atoms with Gasteiger partial charge in [-0.2, -0.15) is 10.1 Å². The van der Waals surface area contributed by atoms with Crippen LogP contribution in [0.25, 0.3) is 5.52 Å². The van der Waals surface area contributed by atoms with Gasteiger partial charge in [0.2, 0.25) is 5.95 Å². The lowest BCUT2D eigenvalue weighted by Crippen LogP contribution is -2.37. The zero-order valence-electron chi connectivity index (χ0n) is 18.4. The summed E-state index contributed by atoms with van der Waals surface area (Å²) in [5, 5.41) is 15.6. The third-order valence-corrected chi connectivity index (χ3v) is 6.63. The van der Waals surface area contributed by atoms with Gasteiger partial charge in [-0.05, 0) is 49.8 Å². The fraction of sp³-hybridized carbons (Fsp3) is 0.360. The highest BCUT2D eigenvalue weighted by Crippen LogP contribution is 2.39. The molecule has 1 aromatic carbocycles. The second kappa shape index (κ2) is 8.35. The maximum Gasteiger partial charge on any atom is 0.246 e. The number of anilines is 3. The number of fused-ring (bicyclic) bond motifs is 1. The summed E-state index contributed by atoms with van der Waals surface area (Å²) in [5.74, 6) is 2.88. The highest BCUT2D eigenvalue weighted by atomic mass is 16.1. The second-order valence-electron chi connectivity index (χ2n) is 9.01. The third kappa shape index (κ3) is 4.08. The van der Waals surface area contributed by atoms with E-state index in [1.165, 1.54) is 24.1 Å². The van der Waals surface area contributed by atoms with E-state index >= 15 is 0 Å². The molecule has 0 amide bonds. The van der Waals surface area contributed by atoms with Crippen molar-refractivity contribution in [2.24, 2.45) is 0 Å². The first-order valence-electron chi connectivity index (χ1n) is 11.8. The van der Waals surface area contributed by atoms with Crippen LogP contribution in [0.4, 0.5) is 17.6 Å². The molecule has 33 heavy (non-hydrogen) atoms. The van der Waals surface area contributed by atoms with E-state index in [-0.39, 0.29) is 11.8 Å². The molecular weight excluding hydrogens is 414 g/mol. The number of aromatic nitrogens is 5. The van der Waals surface area contributed by atoms with Gasteiger partial charge in [0, 0.05) is 36.8 Å². The molecule has 1 atom stereocenters. The lowest BCUT2D eigenvalue weighted by atomic mass is 10.0. The Morgan fingerprint density at radius 3 is 2.85 bits per heavy atom. The van der Waals surface area contributed by atoms with E-state index in [0.29, 0.717) is 24.1 Å².